The average molecular weight is 386 g/mol. The molecule has 1 N–H and O–H groups in total. The SMILES string of the molecule is COc1ccccc1C1CNCCN1C(=O)C1CC1c1cccc2ccccc12. The highest BCUT2D eigenvalue weighted by atomic mass is 16.5. The van der Waals surface area contributed by atoms with E-state index < -0.39 is 0 Å². The summed E-state index contributed by atoms with van der Waals surface area (Å²) in [6.45, 7) is 2.33. The quantitative estimate of drug-likeness (QED) is 0.733. The highest BCUT2D eigenvalue weighted by Gasteiger charge is 2.48. The fourth-order valence-corrected chi connectivity index (χ4v) is 4.79. The van der Waals surface area contributed by atoms with Gasteiger partial charge in [0.25, 0.3) is 0 Å². The first-order valence-corrected chi connectivity index (χ1v) is 10.4. The maximum absolute atomic E-state index is 13.5. The van der Waals surface area contributed by atoms with Crippen molar-refractivity contribution in [3.63, 3.8) is 0 Å². The molecule has 148 valence electrons. The predicted molar refractivity (Wildman–Crippen MR) is 115 cm³/mol. The molecule has 1 amide bonds. The molecule has 0 spiro atoms. The molecule has 2 aliphatic rings. The Bertz CT molecular complexity index is 1040. The number of methoxy groups -OCH3 is 1. The minimum Gasteiger partial charge on any atom is -0.496 e. The lowest BCUT2D eigenvalue weighted by Gasteiger charge is -2.37. The van der Waals surface area contributed by atoms with Gasteiger partial charge >= 0.3 is 0 Å². The number of ether oxygens (including phenoxy) is 1. The van der Waals surface area contributed by atoms with Crippen molar-refractivity contribution in [3.05, 3.63) is 77.9 Å². The van der Waals surface area contributed by atoms with Crippen molar-refractivity contribution >= 4 is 16.7 Å². The molecular weight excluding hydrogens is 360 g/mol. The standard InChI is InChI=1S/C25H26N2O2/c1-29-24-12-5-4-10-20(24)23-16-26-13-14-27(23)25(28)22-15-21(22)19-11-6-8-17-7-2-3-9-18(17)19/h2-12,21-23,26H,13-16H2,1H3. The van der Waals surface area contributed by atoms with E-state index in [0.717, 1.165) is 37.4 Å². The summed E-state index contributed by atoms with van der Waals surface area (Å²) in [4.78, 5) is 15.6. The fraction of sp³-hybridized carbons (Fsp3) is 0.320. The number of piperazine rings is 1. The highest BCUT2D eigenvalue weighted by Crippen LogP contribution is 2.51. The van der Waals surface area contributed by atoms with E-state index in [1.54, 1.807) is 7.11 Å². The van der Waals surface area contributed by atoms with Crippen molar-refractivity contribution in [2.24, 2.45) is 5.92 Å². The molecule has 0 radical (unpaired) electrons. The Balaban J connectivity index is 1.41. The van der Waals surface area contributed by atoms with Gasteiger partial charge in [0.1, 0.15) is 5.75 Å². The van der Waals surface area contributed by atoms with Crippen molar-refractivity contribution in [2.45, 2.75) is 18.4 Å². The van der Waals surface area contributed by atoms with Gasteiger partial charge in [0, 0.05) is 31.1 Å². The predicted octanol–water partition coefficient (Wildman–Crippen LogP) is 4.13. The van der Waals surface area contributed by atoms with Crippen LogP contribution in [0, 0.1) is 5.92 Å². The van der Waals surface area contributed by atoms with E-state index in [0.29, 0.717) is 5.92 Å². The molecule has 3 aromatic carbocycles. The van der Waals surface area contributed by atoms with E-state index >= 15 is 0 Å². The molecule has 1 saturated heterocycles. The molecule has 0 bridgehead atoms. The molecule has 1 saturated carbocycles. The zero-order valence-corrected chi connectivity index (χ0v) is 16.7. The van der Waals surface area contributed by atoms with Crippen LogP contribution in [0.25, 0.3) is 10.8 Å². The van der Waals surface area contributed by atoms with Crippen LogP contribution in [0.5, 0.6) is 5.75 Å². The number of fused-ring (bicyclic) bond motifs is 1. The average Bonchev–Trinajstić information content (AvgIpc) is 3.59. The summed E-state index contributed by atoms with van der Waals surface area (Å²) in [5.74, 6) is 1.53. The van der Waals surface area contributed by atoms with Crippen molar-refractivity contribution < 1.29 is 9.53 Å². The molecule has 1 aliphatic carbocycles. The second-order valence-electron chi connectivity index (χ2n) is 8.01. The van der Waals surface area contributed by atoms with Crippen molar-refractivity contribution in [3.8, 4) is 5.75 Å². The van der Waals surface area contributed by atoms with Gasteiger partial charge in [-0.1, -0.05) is 60.7 Å². The summed E-state index contributed by atoms with van der Waals surface area (Å²) in [7, 11) is 1.69. The van der Waals surface area contributed by atoms with Gasteiger partial charge in [0.15, 0.2) is 0 Å². The maximum Gasteiger partial charge on any atom is 0.226 e. The van der Waals surface area contributed by atoms with Crippen molar-refractivity contribution in [2.75, 3.05) is 26.7 Å². The van der Waals surface area contributed by atoms with E-state index in [2.05, 4.69) is 58.7 Å². The normalized spacial score (nSPS) is 23.8. The molecule has 3 atom stereocenters. The van der Waals surface area contributed by atoms with Crippen LogP contribution in [-0.4, -0.2) is 37.6 Å². The summed E-state index contributed by atoms with van der Waals surface area (Å²) >= 11 is 0. The Kier molecular flexibility index (Phi) is 4.72. The van der Waals surface area contributed by atoms with E-state index in [1.807, 2.05) is 18.2 Å². The maximum atomic E-state index is 13.5. The summed E-state index contributed by atoms with van der Waals surface area (Å²) in [5.41, 5.74) is 2.39. The first-order chi connectivity index (χ1) is 14.3. The largest absolute Gasteiger partial charge is 0.496 e. The van der Waals surface area contributed by atoms with Crippen LogP contribution < -0.4 is 10.1 Å². The van der Waals surface area contributed by atoms with Crippen LogP contribution >= 0.6 is 0 Å². The lowest BCUT2D eigenvalue weighted by Crippen LogP contribution is -2.49. The Morgan fingerprint density at radius 2 is 1.76 bits per heavy atom. The molecule has 4 heteroatoms. The van der Waals surface area contributed by atoms with E-state index in [-0.39, 0.29) is 17.9 Å². The number of hydrogen-bond acceptors (Lipinski definition) is 3. The van der Waals surface area contributed by atoms with Gasteiger partial charge in [0.05, 0.1) is 13.2 Å². The summed E-state index contributed by atoms with van der Waals surface area (Å²) in [6.07, 6.45) is 0.940. The summed E-state index contributed by atoms with van der Waals surface area (Å²) < 4.78 is 5.58. The molecule has 5 rings (SSSR count). The molecule has 0 aromatic heterocycles. The highest BCUT2D eigenvalue weighted by molar-refractivity contribution is 5.90. The molecule has 3 unspecified atom stereocenters. The van der Waals surface area contributed by atoms with Gasteiger partial charge in [-0.2, -0.15) is 0 Å². The van der Waals surface area contributed by atoms with Gasteiger partial charge in [-0.15, -0.1) is 0 Å². The van der Waals surface area contributed by atoms with Crippen molar-refractivity contribution in [1.29, 1.82) is 0 Å². The number of rotatable bonds is 4. The molecular formula is C25H26N2O2. The molecule has 1 heterocycles. The molecule has 3 aromatic rings. The van der Waals surface area contributed by atoms with E-state index in [9.17, 15) is 4.79 Å². The number of carbonyl (C=O) groups excluding carboxylic acids is 1. The minimum absolute atomic E-state index is 0.0150. The number of hydrogen-bond donors (Lipinski definition) is 1. The summed E-state index contributed by atoms with van der Waals surface area (Å²) in [6, 6.07) is 23.0. The number of nitrogens with one attached hydrogen (secondary N) is 1. The zero-order valence-electron chi connectivity index (χ0n) is 16.7. The zero-order chi connectivity index (χ0) is 19.8. The van der Waals surface area contributed by atoms with Crippen LogP contribution in [0.1, 0.15) is 29.5 Å². The topological polar surface area (TPSA) is 41.6 Å². The minimum atomic E-state index is 0.0150. The number of amides is 1. The number of carbonyl (C=O) groups is 1. The van der Waals surface area contributed by atoms with Gasteiger partial charge < -0.3 is 15.0 Å². The first kappa shape index (κ1) is 18.2. The third kappa shape index (κ3) is 3.28. The van der Waals surface area contributed by atoms with Gasteiger partial charge in [-0.05, 0) is 34.7 Å². The molecule has 29 heavy (non-hydrogen) atoms. The number of para-hydroxylation sites is 1. The molecule has 1 aliphatic heterocycles. The third-order valence-electron chi connectivity index (χ3n) is 6.35. The van der Waals surface area contributed by atoms with Gasteiger partial charge in [0.2, 0.25) is 5.91 Å². The summed E-state index contributed by atoms with van der Waals surface area (Å²) in [5, 5.41) is 5.97. The van der Waals surface area contributed by atoms with Gasteiger partial charge in [-0.3, -0.25) is 4.79 Å². The number of benzene rings is 3. The van der Waals surface area contributed by atoms with E-state index in [1.165, 1.54) is 16.3 Å². The second kappa shape index (κ2) is 7.53. The van der Waals surface area contributed by atoms with Crippen molar-refractivity contribution in [1.82, 2.24) is 10.2 Å². The van der Waals surface area contributed by atoms with Crippen LogP contribution in [0.4, 0.5) is 0 Å². The monoisotopic (exact) mass is 386 g/mol. The first-order valence-electron chi connectivity index (χ1n) is 10.4. The fourth-order valence-electron chi connectivity index (χ4n) is 4.79. The number of nitrogens with zero attached hydrogens (tertiary/aromatic N) is 1. The Labute approximate surface area is 171 Å². The lowest BCUT2D eigenvalue weighted by atomic mass is 9.98. The van der Waals surface area contributed by atoms with Crippen LogP contribution in [-0.2, 0) is 4.79 Å². The van der Waals surface area contributed by atoms with Crippen LogP contribution in [0.15, 0.2) is 66.7 Å². The molecule has 4 nitrogen and oxygen atoms in total. The second-order valence-corrected chi connectivity index (χ2v) is 8.01. The molecule has 2 fully saturated rings. The lowest BCUT2D eigenvalue weighted by molar-refractivity contribution is -0.136. The third-order valence-corrected chi connectivity index (χ3v) is 6.35. The van der Waals surface area contributed by atoms with Gasteiger partial charge in [-0.25, -0.2) is 0 Å². The smallest absolute Gasteiger partial charge is 0.226 e. The Hall–Kier alpha value is -2.85. The Morgan fingerprint density at radius 1 is 1.00 bits per heavy atom. The van der Waals surface area contributed by atoms with Crippen LogP contribution in [0.2, 0.25) is 0 Å². The van der Waals surface area contributed by atoms with Crippen LogP contribution in [0.3, 0.4) is 0 Å². The Morgan fingerprint density at radius 3 is 2.66 bits per heavy atom. The van der Waals surface area contributed by atoms with E-state index in [4.69, 9.17) is 4.74 Å².